The van der Waals surface area contributed by atoms with Crippen LogP contribution in [0.15, 0.2) is 12.2 Å². The summed E-state index contributed by atoms with van der Waals surface area (Å²) in [6, 6.07) is 1.37. The first-order chi connectivity index (χ1) is 6.04. The van der Waals surface area contributed by atoms with Crippen LogP contribution in [0.2, 0.25) is 0 Å². The lowest BCUT2D eigenvalue weighted by Crippen LogP contribution is -2.46. The van der Waals surface area contributed by atoms with Crippen molar-refractivity contribution in [3.8, 4) is 0 Å². The molecule has 0 aromatic heterocycles. The number of nitrogens with zero attached hydrogens (tertiary/aromatic N) is 1. The van der Waals surface area contributed by atoms with Gasteiger partial charge in [-0.15, -0.1) is 0 Å². The average Bonchev–Trinajstić information content (AvgIpc) is 2.03. The minimum Gasteiger partial charge on any atom is -0.296 e. The van der Waals surface area contributed by atoms with Gasteiger partial charge in [0.05, 0.1) is 0 Å². The van der Waals surface area contributed by atoms with E-state index in [1.54, 1.807) is 0 Å². The van der Waals surface area contributed by atoms with E-state index in [1.165, 1.54) is 6.42 Å². The summed E-state index contributed by atoms with van der Waals surface area (Å²) >= 11 is 0. The second-order valence-electron chi connectivity index (χ2n) is 4.88. The Kier molecular flexibility index (Phi) is 3.55. The van der Waals surface area contributed by atoms with E-state index >= 15 is 0 Å². The van der Waals surface area contributed by atoms with E-state index in [0.29, 0.717) is 6.04 Å². The summed E-state index contributed by atoms with van der Waals surface area (Å²) in [5.74, 6) is 1.49. The summed E-state index contributed by atoms with van der Waals surface area (Å²) in [4.78, 5) is 2.54. The van der Waals surface area contributed by atoms with Gasteiger partial charge in [-0.3, -0.25) is 4.90 Å². The van der Waals surface area contributed by atoms with Crippen molar-refractivity contribution in [2.75, 3.05) is 7.05 Å². The largest absolute Gasteiger partial charge is 0.296 e. The Morgan fingerprint density at radius 3 is 2.23 bits per heavy atom. The second-order valence-corrected chi connectivity index (χ2v) is 4.88. The fourth-order valence-corrected chi connectivity index (χ4v) is 2.32. The number of hydrogen-bond donors (Lipinski definition) is 0. The molecule has 1 heteroatoms. The highest BCUT2D eigenvalue weighted by atomic mass is 15.2. The zero-order valence-corrected chi connectivity index (χ0v) is 9.62. The number of hydrogen-bond acceptors (Lipinski definition) is 1. The third-order valence-corrected chi connectivity index (χ3v) is 3.16. The molecule has 0 aliphatic carbocycles. The molecular formula is C12H23N. The molecule has 0 bridgehead atoms. The standard InChI is InChI=1S/C12H23N/c1-9(2)11-7-6-8-12(10(3)4)13(11)5/h6-7,9-12H,8H2,1-5H3. The molecule has 0 spiro atoms. The minimum absolute atomic E-state index is 0.640. The van der Waals surface area contributed by atoms with Gasteiger partial charge in [-0.25, -0.2) is 0 Å². The van der Waals surface area contributed by atoms with Gasteiger partial charge in [0.25, 0.3) is 0 Å². The highest BCUT2D eigenvalue weighted by Crippen LogP contribution is 2.24. The number of rotatable bonds is 2. The molecule has 0 N–H and O–H groups in total. The molecule has 0 amide bonds. The van der Waals surface area contributed by atoms with E-state index in [4.69, 9.17) is 0 Å². The first kappa shape index (κ1) is 10.8. The second kappa shape index (κ2) is 4.28. The van der Waals surface area contributed by atoms with Crippen LogP contribution in [0.3, 0.4) is 0 Å². The van der Waals surface area contributed by atoms with Crippen molar-refractivity contribution >= 4 is 0 Å². The summed E-state index contributed by atoms with van der Waals surface area (Å²) in [5, 5.41) is 0. The van der Waals surface area contributed by atoms with E-state index in [2.05, 4.69) is 51.8 Å². The molecule has 1 rings (SSSR count). The highest BCUT2D eigenvalue weighted by Gasteiger charge is 2.27. The van der Waals surface area contributed by atoms with Crippen molar-refractivity contribution in [3.05, 3.63) is 12.2 Å². The predicted molar refractivity (Wildman–Crippen MR) is 58.8 cm³/mol. The van der Waals surface area contributed by atoms with Crippen LogP contribution in [0.25, 0.3) is 0 Å². The molecule has 1 aliphatic rings. The van der Waals surface area contributed by atoms with Gasteiger partial charge in [0.1, 0.15) is 0 Å². The predicted octanol–water partition coefficient (Wildman–Crippen LogP) is 2.93. The molecule has 0 saturated carbocycles. The van der Waals surface area contributed by atoms with Crippen LogP contribution in [-0.2, 0) is 0 Å². The molecule has 1 nitrogen and oxygen atoms in total. The fourth-order valence-electron chi connectivity index (χ4n) is 2.32. The van der Waals surface area contributed by atoms with E-state index in [1.807, 2.05) is 0 Å². The van der Waals surface area contributed by atoms with Crippen LogP contribution in [0.4, 0.5) is 0 Å². The zero-order chi connectivity index (χ0) is 10.0. The smallest absolute Gasteiger partial charge is 0.0301 e. The Bertz CT molecular complexity index is 182. The van der Waals surface area contributed by atoms with Crippen LogP contribution in [0.5, 0.6) is 0 Å². The lowest BCUT2D eigenvalue weighted by Gasteiger charge is -2.40. The van der Waals surface area contributed by atoms with Crippen LogP contribution in [0.1, 0.15) is 34.1 Å². The normalized spacial score (nSPS) is 30.4. The molecule has 1 aliphatic heterocycles. The Morgan fingerprint density at radius 2 is 1.77 bits per heavy atom. The van der Waals surface area contributed by atoms with Crippen molar-refractivity contribution in [3.63, 3.8) is 0 Å². The monoisotopic (exact) mass is 181 g/mol. The summed E-state index contributed by atoms with van der Waals surface area (Å²) < 4.78 is 0. The summed E-state index contributed by atoms with van der Waals surface area (Å²) in [7, 11) is 2.26. The molecular weight excluding hydrogens is 158 g/mol. The molecule has 0 fully saturated rings. The van der Waals surface area contributed by atoms with Gasteiger partial charge >= 0.3 is 0 Å². The Labute approximate surface area is 82.8 Å². The van der Waals surface area contributed by atoms with Crippen molar-refractivity contribution < 1.29 is 0 Å². The molecule has 76 valence electrons. The molecule has 0 saturated heterocycles. The van der Waals surface area contributed by atoms with Crippen molar-refractivity contribution in [1.82, 2.24) is 4.90 Å². The molecule has 2 atom stereocenters. The lowest BCUT2D eigenvalue weighted by molar-refractivity contribution is 0.124. The van der Waals surface area contributed by atoms with Crippen molar-refractivity contribution in [2.45, 2.75) is 46.2 Å². The van der Waals surface area contributed by atoms with E-state index in [0.717, 1.165) is 17.9 Å². The van der Waals surface area contributed by atoms with Gasteiger partial charge in [-0.2, -0.15) is 0 Å². The maximum Gasteiger partial charge on any atom is 0.0301 e. The van der Waals surface area contributed by atoms with Gasteiger partial charge in [0, 0.05) is 12.1 Å². The molecule has 0 radical (unpaired) electrons. The zero-order valence-electron chi connectivity index (χ0n) is 9.62. The summed E-state index contributed by atoms with van der Waals surface area (Å²) in [6.45, 7) is 9.23. The number of likely N-dealkylation sites (N-methyl/N-ethyl adjacent to an activating group) is 1. The Balaban J connectivity index is 2.70. The average molecular weight is 181 g/mol. The molecule has 0 aromatic rings. The van der Waals surface area contributed by atoms with Gasteiger partial charge in [0.15, 0.2) is 0 Å². The van der Waals surface area contributed by atoms with E-state index in [-0.39, 0.29) is 0 Å². The SMILES string of the molecule is CC(C)C1C=CCC(C(C)C)N1C. The van der Waals surface area contributed by atoms with Gasteiger partial charge in [-0.1, -0.05) is 39.8 Å². The topological polar surface area (TPSA) is 3.24 Å². The first-order valence-corrected chi connectivity index (χ1v) is 5.42. The molecule has 13 heavy (non-hydrogen) atoms. The van der Waals surface area contributed by atoms with Gasteiger partial charge in [0.2, 0.25) is 0 Å². The van der Waals surface area contributed by atoms with Crippen LogP contribution < -0.4 is 0 Å². The maximum atomic E-state index is 2.54. The van der Waals surface area contributed by atoms with Crippen molar-refractivity contribution in [2.24, 2.45) is 11.8 Å². The van der Waals surface area contributed by atoms with Crippen molar-refractivity contribution in [1.29, 1.82) is 0 Å². The minimum atomic E-state index is 0.640. The molecule has 0 aromatic carbocycles. The third-order valence-electron chi connectivity index (χ3n) is 3.16. The Hall–Kier alpha value is -0.300. The van der Waals surface area contributed by atoms with Crippen LogP contribution in [-0.4, -0.2) is 24.0 Å². The highest BCUT2D eigenvalue weighted by molar-refractivity contribution is 5.04. The molecule has 1 heterocycles. The summed E-state index contributed by atoms with van der Waals surface area (Å²) in [6.07, 6.45) is 5.94. The molecule has 2 unspecified atom stereocenters. The van der Waals surface area contributed by atoms with Gasteiger partial charge in [-0.05, 0) is 25.3 Å². The maximum absolute atomic E-state index is 2.54. The third kappa shape index (κ3) is 2.34. The Morgan fingerprint density at radius 1 is 1.15 bits per heavy atom. The first-order valence-electron chi connectivity index (χ1n) is 5.42. The van der Waals surface area contributed by atoms with Crippen LogP contribution in [0, 0.1) is 11.8 Å². The van der Waals surface area contributed by atoms with Crippen LogP contribution >= 0.6 is 0 Å². The fraction of sp³-hybridized carbons (Fsp3) is 0.833. The van der Waals surface area contributed by atoms with E-state index in [9.17, 15) is 0 Å². The summed E-state index contributed by atoms with van der Waals surface area (Å²) in [5.41, 5.74) is 0. The quantitative estimate of drug-likeness (QED) is 0.592. The van der Waals surface area contributed by atoms with Gasteiger partial charge < -0.3 is 0 Å². The van der Waals surface area contributed by atoms with E-state index < -0.39 is 0 Å². The lowest BCUT2D eigenvalue weighted by atomic mass is 9.90.